The monoisotopic (exact) mass is 289 g/mol. The van der Waals surface area contributed by atoms with Crippen molar-refractivity contribution >= 4 is 23.2 Å². The van der Waals surface area contributed by atoms with Gasteiger partial charge in [-0.1, -0.05) is 36.5 Å². The number of hydrogen-bond acceptors (Lipinski definition) is 1. The van der Waals surface area contributed by atoms with E-state index in [1.165, 1.54) is 25.3 Å². The lowest BCUT2D eigenvalue weighted by atomic mass is 9.70. The molecule has 2 rings (SSSR count). The van der Waals surface area contributed by atoms with Crippen molar-refractivity contribution in [2.24, 2.45) is 5.41 Å². The second-order valence-corrected chi connectivity index (χ2v) is 6.31. The molecule has 1 aliphatic carbocycles. The molecule has 0 radical (unpaired) electrons. The quantitative estimate of drug-likeness (QED) is 0.772. The Morgan fingerprint density at radius 2 is 2.06 bits per heavy atom. The average molecular weight is 290 g/mol. The van der Waals surface area contributed by atoms with Gasteiger partial charge >= 0.3 is 0 Å². The molecular formula is C14H18Cl2FN. The summed E-state index contributed by atoms with van der Waals surface area (Å²) in [5, 5.41) is 4.05. The summed E-state index contributed by atoms with van der Waals surface area (Å²) < 4.78 is 13.5. The van der Waals surface area contributed by atoms with Crippen molar-refractivity contribution in [3.8, 4) is 0 Å². The summed E-state index contributed by atoms with van der Waals surface area (Å²) in [5.41, 5.74) is 1.03. The molecule has 0 amide bonds. The van der Waals surface area contributed by atoms with Crippen molar-refractivity contribution < 1.29 is 4.39 Å². The maximum atomic E-state index is 13.5. The van der Waals surface area contributed by atoms with Crippen molar-refractivity contribution in [1.82, 2.24) is 5.32 Å². The van der Waals surface area contributed by atoms with Gasteiger partial charge in [-0.25, -0.2) is 4.39 Å². The van der Waals surface area contributed by atoms with E-state index in [4.69, 9.17) is 23.2 Å². The summed E-state index contributed by atoms with van der Waals surface area (Å²) in [6.07, 6.45) is 3.79. The molecule has 0 bridgehead atoms. The van der Waals surface area contributed by atoms with Gasteiger partial charge in [0.05, 0.1) is 5.02 Å². The van der Waals surface area contributed by atoms with Crippen LogP contribution in [0, 0.1) is 11.2 Å². The lowest BCUT2D eigenvalue weighted by Gasteiger charge is -2.39. The minimum atomic E-state index is -0.417. The highest BCUT2D eigenvalue weighted by atomic mass is 35.5. The first-order chi connectivity index (χ1) is 8.43. The van der Waals surface area contributed by atoms with Gasteiger partial charge in [0.2, 0.25) is 0 Å². The van der Waals surface area contributed by atoms with Crippen LogP contribution in [0.3, 0.4) is 0 Å². The van der Waals surface area contributed by atoms with Crippen LogP contribution < -0.4 is 5.32 Å². The van der Waals surface area contributed by atoms with E-state index in [0.29, 0.717) is 16.0 Å². The third-order valence-electron chi connectivity index (χ3n) is 3.91. The van der Waals surface area contributed by atoms with Crippen molar-refractivity contribution in [2.45, 2.75) is 39.2 Å². The molecule has 18 heavy (non-hydrogen) atoms. The Morgan fingerprint density at radius 1 is 1.39 bits per heavy atom. The van der Waals surface area contributed by atoms with Crippen LogP contribution in [0.4, 0.5) is 4.39 Å². The van der Waals surface area contributed by atoms with Gasteiger partial charge in [-0.05, 0) is 37.3 Å². The fourth-order valence-corrected chi connectivity index (χ4v) is 3.10. The Labute approximate surface area is 118 Å². The van der Waals surface area contributed by atoms with Crippen LogP contribution in [-0.2, 0) is 0 Å². The van der Waals surface area contributed by atoms with Crippen molar-refractivity contribution in [2.75, 3.05) is 6.54 Å². The van der Waals surface area contributed by atoms with Crippen LogP contribution in [0.1, 0.15) is 44.7 Å². The molecular weight excluding hydrogens is 272 g/mol. The van der Waals surface area contributed by atoms with Gasteiger partial charge in [0.15, 0.2) is 0 Å². The molecule has 4 heteroatoms. The van der Waals surface area contributed by atoms with Gasteiger partial charge in [0.25, 0.3) is 0 Å². The molecule has 0 aromatic heterocycles. The first-order valence-electron chi connectivity index (χ1n) is 6.30. The second kappa shape index (κ2) is 5.36. The minimum absolute atomic E-state index is 0.0434. The van der Waals surface area contributed by atoms with E-state index < -0.39 is 5.82 Å². The lowest BCUT2D eigenvalue weighted by molar-refractivity contribution is 0.152. The summed E-state index contributed by atoms with van der Waals surface area (Å²) in [6, 6.07) is 2.81. The SMILES string of the molecule is CC(NCC1(C)CCC1)c1c(Cl)ccc(F)c1Cl. The Morgan fingerprint density at radius 3 is 2.61 bits per heavy atom. The Bertz CT molecular complexity index is 444. The fourth-order valence-electron chi connectivity index (χ4n) is 2.40. The number of hydrogen-bond donors (Lipinski definition) is 1. The van der Waals surface area contributed by atoms with Gasteiger partial charge in [-0.2, -0.15) is 0 Å². The van der Waals surface area contributed by atoms with Gasteiger partial charge in [0.1, 0.15) is 5.82 Å². The summed E-state index contributed by atoms with van der Waals surface area (Å²) in [5.74, 6) is -0.417. The van der Waals surface area contributed by atoms with E-state index in [1.54, 1.807) is 6.07 Å². The van der Waals surface area contributed by atoms with Gasteiger partial charge in [-0.15, -0.1) is 0 Å². The predicted molar refractivity (Wildman–Crippen MR) is 74.8 cm³/mol. The first-order valence-corrected chi connectivity index (χ1v) is 7.05. The normalized spacial score (nSPS) is 19.4. The van der Waals surface area contributed by atoms with Crippen LogP contribution >= 0.6 is 23.2 Å². The first kappa shape index (κ1) is 14.1. The van der Waals surface area contributed by atoms with Crippen LogP contribution in [0.25, 0.3) is 0 Å². The molecule has 100 valence electrons. The molecule has 1 saturated carbocycles. The zero-order valence-corrected chi connectivity index (χ0v) is 12.2. The van der Waals surface area contributed by atoms with Gasteiger partial charge < -0.3 is 5.32 Å². The number of benzene rings is 1. The summed E-state index contributed by atoms with van der Waals surface area (Å²) >= 11 is 12.1. The zero-order chi connectivity index (χ0) is 13.3. The highest BCUT2D eigenvalue weighted by Gasteiger charge is 2.32. The molecule has 1 aromatic rings. The Hall–Kier alpha value is -0.310. The number of halogens is 3. The van der Waals surface area contributed by atoms with E-state index in [9.17, 15) is 4.39 Å². The topological polar surface area (TPSA) is 12.0 Å². The molecule has 1 fully saturated rings. The number of nitrogens with one attached hydrogen (secondary N) is 1. The van der Waals surface area contributed by atoms with E-state index in [1.807, 2.05) is 6.92 Å². The molecule has 1 unspecified atom stereocenters. The summed E-state index contributed by atoms with van der Waals surface area (Å²) in [6.45, 7) is 5.15. The molecule has 1 nitrogen and oxygen atoms in total. The Balaban J connectivity index is 2.08. The molecule has 0 saturated heterocycles. The minimum Gasteiger partial charge on any atom is -0.310 e. The van der Waals surface area contributed by atoms with E-state index in [2.05, 4.69) is 12.2 Å². The predicted octanol–water partition coefficient (Wildman–Crippen LogP) is 4.97. The molecule has 1 atom stereocenters. The summed E-state index contributed by atoms with van der Waals surface area (Å²) in [7, 11) is 0. The van der Waals surface area contributed by atoms with Crippen LogP contribution in [0.15, 0.2) is 12.1 Å². The smallest absolute Gasteiger partial charge is 0.142 e. The molecule has 1 N–H and O–H groups in total. The molecule has 0 spiro atoms. The van der Waals surface area contributed by atoms with Crippen LogP contribution in [0.2, 0.25) is 10.0 Å². The van der Waals surface area contributed by atoms with Crippen LogP contribution in [0.5, 0.6) is 0 Å². The molecule has 0 heterocycles. The van der Waals surface area contributed by atoms with E-state index >= 15 is 0 Å². The summed E-state index contributed by atoms with van der Waals surface area (Å²) in [4.78, 5) is 0. The van der Waals surface area contributed by atoms with Crippen molar-refractivity contribution in [3.63, 3.8) is 0 Å². The lowest BCUT2D eigenvalue weighted by Crippen LogP contribution is -2.38. The zero-order valence-electron chi connectivity index (χ0n) is 10.7. The van der Waals surface area contributed by atoms with Gasteiger partial charge in [0, 0.05) is 23.2 Å². The highest BCUT2D eigenvalue weighted by molar-refractivity contribution is 6.36. The highest BCUT2D eigenvalue weighted by Crippen LogP contribution is 2.40. The van der Waals surface area contributed by atoms with E-state index in [0.717, 1.165) is 6.54 Å². The third-order valence-corrected chi connectivity index (χ3v) is 4.62. The molecule has 1 aromatic carbocycles. The second-order valence-electron chi connectivity index (χ2n) is 5.52. The molecule has 1 aliphatic rings. The van der Waals surface area contributed by atoms with Gasteiger partial charge in [-0.3, -0.25) is 0 Å². The maximum Gasteiger partial charge on any atom is 0.142 e. The van der Waals surface area contributed by atoms with E-state index in [-0.39, 0.29) is 11.1 Å². The standard InChI is InChI=1S/C14H18Cl2FN/c1-9(18-8-14(2)6-3-7-14)12-10(15)4-5-11(17)13(12)16/h4-5,9,18H,3,6-8H2,1-2H3. The third kappa shape index (κ3) is 2.81. The molecule has 0 aliphatic heterocycles. The average Bonchev–Trinajstić information content (AvgIpc) is 2.29. The van der Waals surface area contributed by atoms with Crippen molar-refractivity contribution in [3.05, 3.63) is 33.6 Å². The Kier molecular flexibility index (Phi) is 4.20. The van der Waals surface area contributed by atoms with Crippen molar-refractivity contribution in [1.29, 1.82) is 0 Å². The van der Waals surface area contributed by atoms with Crippen LogP contribution in [-0.4, -0.2) is 6.54 Å². The largest absolute Gasteiger partial charge is 0.310 e. The maximum absolute atomic E-state index is 13.5. The fraction of sp³-hybridized carbons (Fsp3) is 0.571. The number of rotatable bonds is 4.